The first-order valence-corrected chi connectivity index (χ1v) is 12.0. The van der Waals surface area contributed by atoms with Gasteiger partial charge in [0.1, 0.15) is 11.9 Å². The zero-order chi connectivity index (χ0) is 28.8. The number of carbonyl (C=O) groups excluding carboxylic acids is 2. The van der Waals surface area contributed by atoms with Gasteiger partial charge < -0.3 is 14.7 Å². The first-order chi connectivity index (χ1) is 18.8. The highest BCUT2D eigenvalue weighted by atomic mass is 19.4. The highest BCUT2D eigenvalue weighted by Gasteiger charge is 2.39. The predicted molar refractivity (Wildman–Crippen MR) is 124 cm³/mol. The molecule has 2 fully saturated rings. The average Bonchev–Trinajstić information content (AvgIpc) is 3.55. The number of anilines is 1. The van der Waals surface area contributed by atoms with E-state index in [2.05, 4.69) is 20.2 Å². The molecular formula is C22H21F6N9O3. The Morgan fingerprint density at radius 3 is 2.23 bits per heavy atom. The van der Waals surface area contributed by atoms with Gasteiger partial charge in [-0.3, -0.25) is 19.1 Å². The highest BCUT2D eigenvalue weighted by molar-refractivity contribution is 5.85. The second-order valence-electron chi connectivity index (χ2n) is 9.37. The van der Waals surface area contributed by atoms with Crippen LogP contribution < -0.4 is 10.5 Å². The van der Waals surface area contributed by atoms with Gasteiger partial charge in [0.25, 0.3) is 5.56 Å². The first kappa shape index (κ1) is 27.3. The van der Waals surface area contributed by atoms with Crippen LogP contribution in [0.25, 0.3) is 10.9 Å². The molecule has 0 spiro atoms. The molecule has 12 nitrogen and oxygen atoms in total. The maximum atomic E-state index is 13.4. The van der Waals surface area contributed by atoms with E-state index >= 15 is 0 Å². The number of piperazine rings is 1. The maximum Gasteiger partial charge on any atom is 0.435 e. The van der Waals surface area contributed by atoms with Crippen LogP contribution in [0.15, 0.2) is 23.4 Å². The van der Waals surface area contributed by atoms with Crippen LogP contribution in [0.3, 0.4) is 0 Å². The maximum absolute atomic E-state index is 13.4. The van der Waals surface area contributed by atoms with Crippen molar-refractivity contribution in [3.63, 3.8) is 0 Å². The van der Waals surface area contributed by atoms with Crippen LogP contribution in [-0.4, -0.2) is 90.8 Å². The Balaban J connectivity index is 1.18. The summed E-state index contributed by atoms with van der Waals surface area (Å²) in [6.07, 6.45) is -6.73. The van der Waals surface area contributed by atoms with Crippen LogP contribution in [0.5, 0.6) is 0 Å². The SMILES string of the molecule is O=C(Cn1nc(C(F)(F)F)c2c(=O)[nH]ncc21)N1CCC(C(=O)N2CCN(c3ncc(C(F)(F)F)cn3)CC2)C1. The van der Waals surface area contributed by atoms with E-state index in [0.717, 1.165) is 10.9 Å². The minimum atomic E-state index is -4.92. The Morgan fingerprint density at radius 1 is 0.925 bits per heavy atom. The molecule has 3 aromatic rings. The summed E-state index contributed by atoms with van der Waals surface area (Å²) in [5.41, 5.74) is -3.71. The van der Waals surface area contributed by atoms with Crippen LogP contribution in [0, 0.1) is 5.92 Å². The number of aromatic nitrogens is 6. The molecular weight excluding hydrogens is 552 g/mol. The summed E-state index contributed by atoms with van der Waals surface area (Å²) in [6, 6.07) is 0. The van der Waals surface area contributed by atoms with Crippen molar-refractivity contribution in [2.75, 3.05) is 44.2 Å². The first-order valence-electron chi connectivity index (χ1n) is 12.0. The van der Waals surface area contributed by atoms with E-state index in [1.54, 1.807) is 9.80 Å². The number of hydrogen-bond acceptors (Lipinski definition) is 8. The lowest BCUT2D eigenvalue weighted by atomic mass is 10.1. The number of likely N-dealkylation sites (tertiary alicyclic amines) is 1. The molecule has 2 amide bonds. The predicted octanol–water partition coefficient (Wildman–Crippen LogP) is 1.14. The van der Waals surface area contributed by atoms with Crippen LogP contribution in [0.1, 0.15) is 17.7 Å². The molecule has 0 bridgehead atoms. The number of carbonyl (C=O) groups is 2. The van der Waals surface area contributed by atoms with E-state index in [4.69, 9.17) is 0 Å². The van der Waals surface area contributed by atoms with E-state index in [1.807, 2.05) is 5.10 Å². The van der Waals surface area contributed by atoms with Gasteiger partial charge in [0, 0.05) is 51.7 Å². The van der Waals surface area contributed by atoms with Crippen molar-refractivity contribution in [3.05, 3.63) is 40.2 Å². The number of nitrogens with zero attached hydrogens (tertiary/aromatic N) is 8. The lowest BCUT2D eigenvalue weighted by Crippen LogP contribution is -2.51. The van der Waals surface area contributed by atoms with Crippen molar-refractivity contribution in [1.82, 2.24) is 39.7 Å². The van der Waals surface area contributed by atoms with Gasteiger partial charge in [0.05, 0.1) is 23.2 Å². The summed E-state index contributed by atoms with van der Waals surface area (Å²) in [5, 5.41) is 8.16. The molecule has 5 heterocycles. The van der Waals surface area contributed by atoms with Gasteiger partial charge in [-0.15, -0.1) is 0 Å². The van der Waals surface area contributed by atoms with Crippen LogP contribution in [-0.2, 0) is 28.5 Å². The monoisotopic (exact) mass is 573 g/mol. The largest absolute Gasteiger partial charge is 0.435 e. The molecule has 40 heavy (non-hydrogen) atoms. The topological polar surface area (TPSA) is 133 Å². The Morgan fingerprint density at radius 2 is 1.60 bits per heavy atom. The fourth-order valence-corrected chi connectivity index (χ4v) is 4.79. The summed E-state index contributed by atoms with van der Waals surface area (Å²) >= 11 is 0. The van der Waals surface area contributed by atoms with E-state index in [0.29, 0.717) is 31.9 Å². The Bertz CT molecular complexity index is 1480. The summed E-state index contributed by atoms with van der Waals surface area (Å²) < 4.78 is 79.2. The number of halogens is 6. The fourth-order valence-electron chi connectivity index (χ4n) is 4.79. The molecule has 3 aromatic heterocycles. The number of H-pyrrole nitrogens is 1. The van der Waals surface area contributed by atoms with Crippen LogP contribution in [0.2, 0.25) is 0 Å². The molecule has 2 aliphatic heterocycles. The minimum absolute atomic E-state index is 0.0596. The summed E-state index contributed by atoms with van der Waals surface area (Å²) in [7, 11) is 0. The number of hydrogen-bond donors (Lipinski definition) is 1. The van der Waals surface area contributed by atoms with E-state index in [9.17, 15) is 40.7 Å². The van der Waals surface area contributed by atoms with Crippen molar-refractivity contribution in [3.8, 4) is 0 Å². The van der Waals surface area contributed by atoms with Crippen LogP contribution in [0.4, 0.5) is 32.3 Å². The quantitative estimate of drug-likeness (QED) is 0.460. The van der Waals surface area contributed by atoms with Crippen molar-refractivity contribution in [2.45, 2.75) is 25.3 Å². The second kappa shape index (κ2) is 10.1. The Hall–Kier alpha value is -4.25. The average molecular weight is 573 g/mol. The van der Waals surface area contributed by atoms with Gasteiger partial charge in [-0.1, -0.05) is 0 Å². The van der Waals surface area contributed by atoms with E-state index in [-0.39, 0.29) is 43.6 Å². The van der Waals surface area contributed by atoms with Gasteiger partial charge >= 0.3 is 12.4 Å². The minimum Gasteiger partial charge on any atom is -0.340 e. The Labute approximate surface area is 220 Å². The summed E-state index contributed by atoms with van der Waals surface area (Å²) in [4.78, 5) is 50.1. The molecule has 1 atom stereocenters. The van der Waals surface area contributed by atoms with Gasteiger partial charge in [-0.2, -0.15) is 36.5 Å². The molecule has 1 N–H and O–H groups in total. The Kier molecular flexibility index (Phi) is 6.87. The molecule has 5 rings (SSSR count). The third-order valence-electron chi connectivity index (χ3n) is 6.86. The molecule has 1 unspecified atom stereocenters. The van der Waals surface area contributed by atoms with Crippen molar-refractivity contribution in [2.24, 2.45) is 5.92 Å². The van der Waals surface area contributed by atoms with Gasteiger partial charge in [0.15, 0.2) is 5.69 Å². The molecule has 18 heteroatoms. The fraction of sp³-hybridized carbons (Fsp3) is 0.500. The number of amides is 2. The van der Waals surface area contributed by atoms with Gasteiger partial charge in [-0.25, -0.2) is 15.1 Å². The number of alkyl halides is 6. The molecule has 2 aliphatic rings. The third-order valence-corrected chi connectivity index (χ3v) is 6.86. The summed E-state index contributed by atoms with van der Waals surface area (Å²) in [6.45, 7) is 0.831. The molecule has 2 saturated heterocycles. The number of rotatable bonds is 4. The van der Waals surface area contributed by atoms with E-state index in [1.165, 1.54) is 4.90 Å². The van der Waals surface area contributed by atoms with Crippen molar-refractivity contribution >= 4 is 28.7 Å². The van der Waals surface area contributed by atoms with Gasteiger partial charge in [0.2, 0.25) is 17.8 Å². The second-order valence-corrected chi connectivity index (χ2v) is 9.37. The molecule has 0 aromatic carbocycles. The number of nitrogens with one attached hydrogen (secondary N) is 1. The van der Waals surface area contributed by atoms with Crippen molar-refractivity contribution < 1.29 is 35.9 Å². The van der Waals surface area contributed by atoms with Gasteiger partial charge in [-0.05, 0) is 6.42 Å². The lowest BCUT2D eigenvalue weighted by Gasteiger charge is -2.36. The summed E-state index contributed by atoms with van der Waals surface area (Å²) in [5.74, 6) is -1.18. The molecule has 0 radical (unpaired) electrons. The molecule has 0 aliphatic carbocycles. The number of fused-ring (bicyclic) bond motifs is 1. The number of aromatic amines is 1. The third kappa shape index (κ3) is 5.29. The standard InChI is InChI=1S/C22H21F6N9O3/c23-21(24,25)13-7-29-20(30-8-13)35-5-3-34(4-6-35)19(40)12-1-2-36(10-12)15(38)11-37-14-9-31-32-18(39)16(14)17(33-37)22(26,27)28/h7-9,12H,1-6,10-11H2,(H,32,39). The van der Waals surface area contributed by atoms with E-state index < -0.39 is 52.9 Å². The smallest absolute Gasteiger partial charge is 0.340 e. The zero-order valence-electron chi connectivity index (χ0n) is 20.5. The molecule has 214 valence electrons. The lowest BCUT2D eigenvalue weighted by molar-refractivity contribution is -0.141. The van der Waals surface area contributed by atoms with Crippen molar-refractivity contribution in [1.29, 1.82) is 0 Å². The van der Waals surface area contributed by atoms with Crippen LogP contribution >= 0.6 is 0 Å². The normalized spacial score (nSPS) is 18.6. The molecule has 0 saturated carbocycles. The highest BCUT2D eigenvalue weighted by Crippen LogP contribution is 2.32. The zero-order valence-corrected chi connectivity index (χ0v) is 20.5.